The Hall–Kier alpha value is -2.73. The Morgan fingerprint density at radius 2 is 1.74 bits per heavy atom. The minimum atomic E-state index is -3.70. The van der Waals surface area contributed by atoms with Crippen LogP contribution < -0.4 is 10.5 Å². The fraction of sp³-hybridized carbons (Fsp3) is 0.348. The highest BCUT2D eigenvalue weighted by atomic mass is 32.2. The molecule has 0 saturated carbocycles. The van der Waals surface area contributed by atoms with Crippen molar-refractivity contribution in [1.29, 1.82) is 0 Å². The van der Waals surface area contributed by atoms with E-state index in [4.69, 9.17) is 5.14 Å². The molecule has 0 spiro atoms. The molecule has 2 heterocycles. The number of nitrogens with zero attached hydrogens (tertiary/aromatic N) is 4. The number of sulfonamides is 1. The Kier molecular flexibility index (Phi) is 7.99. The molecule has 2 aromatic carbocycles. The molecule has 1 aliphatic rings. The molecule has 0 bridgehead atoms. The molecular weight excluding hydrogens is 472 g/mol. The number of aromatic nitrogens is 3. The molecule has 180 valence electrons. The van der Waals surface area contributed by atoms with E-state index in [1.807, 2.05) is 34.9 Å². The van der Waals surface area contributed by atoms with Crippen LogP contribution in [0.3, 0.4) is 0 Å². The van der Waals surface area contributed by atoms with Gasteiger partial charge in [-0.15, -0.1) is 10.2 Å². The number of likely N-dealkylation sites (tertiary alicyclic amines) is 1. The summed E-state index contributed by atoms with van der Waals surface area (Å²) in [4.78, 5) is 14.9. The summed E-state index contributed by atoms with van der Waals surface area (Å²) in [7, 11) is -3.70. The molecule has 4 rings (SSSR count). The lowest BCUT2D eigenvalue weighted by atomic mass is 10.1. The third-order valence-corrected chi connectivity index (χ3v) is 7.46. The number of primary sulfonamides is 1. The van der Waals surface area contributed by atoms with E-state index in [0.29, 0.717) is 18.1 Å². The van der Waals surface area contributed by atoms with Crippen molar-refractivity contribution in [2.24, 2.45) is 5.14 Å². The third kappa shape index (κ3) is 6.44. The predicted molar refractivity (Wildman–Crippen MR) is 131 cm³/mol. The Bertz CT molecular complexity index is 1210. The quantitative estimate of drug-likeness (QED) is 0.408. The van der Waals surface area contributed by atoms with Crippen LogP contribution in [0.1, 0.15) is 24.2 Å². The highest BCUT2D eigenvalue weighted by molar-refractivity contribution is 7.99. The van der Waals surface area contributed by atoms with Gasteiger partial charge in [-0.25, -0.2) is 13.6 Å². The molecule has 1 amide bonds. The van der Waals surface area contributed by atoms with E-state index in [1.54, 1.807) is 12.1 Å². The fourth-order valence-corrected chi connectivity index (χ4v) is 5.16. The van der Waals surface area contributed by atoms with Gasteiger partial charge in [0.05, 0.1) is 17.2 Å². The number of carbonyl (C=O) groups excluding carboxylic acids is 1. The number of carbonyl (C=O) groups is 1. The van der Waals surface area contributed by atoms with Crippen molar-refractivity contribution in [3.63, 3.8) is 0 Å². The zero-order chi connectivity index (χ0) is 24.0. The second-order valence-corrected chi connectivity index (χ2v) is 10.6. The predicted octanol–water partition coefficient (Wildman–Crippen LogP) is 1.96. The molecular formula is C23H28N6O3S2. The van der Waals surface area contributed by atoms with Gasteiger partial charge in [0.2, 0.25) is 15.9 Å². The molecule has 0 radical (unpaired) electrons. The van der Waals surface area contributed by atoms with Crippen LogP contribution in [0.25, 0.3) is 5.69 Å². The van der Waals surface area contributed by atoms with E-state index in [9.17, 15) is 13.2 Å². The number of thioether (sulfide) groups is 1. The van der Waals surface area contributed by atoms with Gasteiger partial charge in [0.1, 0.15) is 0 Å². The van der Waals surface area contributed by atoms with Crippen molar-refractivity contribution in [1.82, 2.24) is 25.0 Å². The Labute approximate surface area is 203 Å². The van der Waals surface area contributed by atoms with E-state index in [2.05, 4.69) is 20.4 Å². The summed E-state index contributed by atoms with van der Waals surface area (Å²) in [5.41, 5.74) is 1.89. The molecule has 0 atom stereocenters. The average Bonchev–Trinajstić information content (AvgIpc) is 3.48. The van der Waals surface area contributed by atoms with Gasteiger partial charge < -0.3 is 5.32 Å². The largest absolute Gasteiger partial charge is 0.355 e. The van der Waals surface area contributed by atoms with Gasteiger partial charge in [-0.05, 0) is 62.2 Å². The van der Waals surface area contributed by atoms with Crippen molar-refractivity contribution >= 4 is 27.7 Å². The summed E-state index contributed by atoms with van der Waals surface area (Å²) < 4.78 is 24.7. The smallest absolute Gasteiger partial charge is 0.238 e. The summed E-state index contributed by atoms with van der Waals surface area (Å²) in [5, 5.41) is 17.5. The normalized spacial score (nSPS) is 14.4. The average molecular weight is 501 g/mol. The summed E-state index contributed by atoms with van der Waals surface area (Å²) in [6, 6.07) is 16.3. The molecule has 11 heteroatoms. The van der Waals surface area contributed by atoms with Gasteiger partial charge in [-0.2, -0.15) is 0 Å². The van der Waals surface area contributed by atoms with Crippen LogP contribution in [0.15, 0.2) is 64.6 Å². The number of benzene rings is 2. The molecule has 9 nitrogen and oxygen atoms in total. The first-order chi connectivity index (χ1) is 16.4. The molecule has 3 aromatic rings. The van der Waals surface area contributed by atoms with Crippen molar-refractivity contribution in [2.45, 2.75) is 35.9 Å². The van der Waals surface area contributed by atoms with Crippen LogP contribution in [0.5, 0.6) is 0 Å². The second-order valence-electron chi connectivity index (χ2n) is 8.13. The third-order valence-electron chi connectivity index (χ3n) is 5.60. The molecule has 1 aromatic heterocycles. The van der Waals surface area contributed by atoms with Crippen molar-refractivity contribution < 1.29 is 13.2 Å². The van der Waals surface area contributed by atoms with Crippen LogP contribution in [0.4, 0.5) is 0 Å². The molecule has 1 fully saturated rings. The number of nitrogens with one attached hydrogen (secondary N) is 1. The number of hydrogen-bond acceptors (Lipinski definition) is 7. The van der Waals surface area contributed by atoms with Gasteiger partial charge in [0.25, 0.3) is 0 Å². The minimum Gasteiger partial charge on any atom is -0.355 e. The van der Waals surface area contributed by atoms with E-state index in [-0.39, 0.29) is 16.6 Å². The number of hydrogen-bond donors (Lipinski definition) is 2. The number of nitrogens with two attached hydrogens (primary N) is 1. The van der Waals surface area contributed by atoms with Crippen LogP contribution in [-0.4, -0.2) is 59.4 Å². The van der Waals surface area contributed by atoms with Gasteiger partial charge in [0.15, 0.2) is 11.0 Å². The van der Waals surface area contributed by atoms with Crippen molar-refractivity contribution in [2.75, 3.05) is 25.4 Å². The first-order valence-corrected chi connectivity index (χ1v) is 13.7. The van der Waals surface area contributed by atoms with E-state index >= 15 is 0 Å². The molecule has 1 saturated heterocycles. The van der Waals surface area contributed by atoms with E-state index in [0.717, 1.165) is 36.7 Å². The Morgan fingerprint density at radius 1 is 1.03 bits per heavy atom. The fourth-order valence-electron chi connectivity index (χ4n) is 3.85. The molecule has 1 aliphatic heterocycles. The summed E-state index contributed by atoms with van der Waals surface area (Å²) in [6.45, 7) is 3.31. The van der Waals surface area contributed by atoms with Crippen LogP contribution in [-0.2, 0) is 27.8 Å². The highest BCUT2D eigenvalue weighted by Crippen LogP contribution is 2.23. The molecule has 0 unspecified atom stereocenters. The first-order valence-electron chi connectivity index (χ1n) is 11.1. The lowest BCUT2D eigenvalue weighted by Crippen LogP contribution is -2.27. The standard InChI is InChI=1S/C23H28N6O3S2/c24-34(31,32)20-10-8-18(9-11-20)12-13-25-22(30)17-33-23-27-26-21(16-28-14-4-5-15-28)29(23)19-6-2-1-3-7-19/h1-3,6-11H,4-5,12-17H2,(H,25,30)(H2,24,31,32). The topological polar surface area (TPSA) is 123 Å². The van der Waals surface area contributed by atoms with Crippen LogP contribution in [0, 0.1) is 0 Å². The molecule has 3 N–H and O–H groups in total. The number of amides is 1. The monoisotopic (exact) mass is 500 g/mol. The Balaban J connectivity index is 1.33. The molecule has 0 aliphatic carbocycles. The zero-order valence-electron chi connectivity index (χ0n) is 18.8. The lowest BCUT2D eigenvalue weighted by molar-refractivity contribution is -0.118. The number of rotatable bonds is 10. The highest BCUT2D eigenvalue weighted by Gasteiger charge is 2.20. The number of para-hydroxylation sites is 1. The SMILES string of the molecule is NS(=O)(=O)c1ccc(CCNC(=O)CSc2nnc(CN3CCCC3)n2-c2ccccc2)cc1. The van der Waals surface area contributed by atoms with E-state index < -0.39 is 10.0 Å². The van der Waals surface area contributed by atoms with Gasteiger partial charge in [-0.1, -0.05) is 42.1 Å². The lowest BCUT2D eigenvalue weighted by Gasteiger charge is -2.16. The van der Waals surface area contributed by atoms with Crippen LogP contribution in [0.2, 0.25) is 0 Å². The summed E-state index contributed by atoms with van der Waals surface area (Å²) in [6.07, 6.45) is 3.00. The maximum atomic E-state index is 12.4. The van der Waals surface area contributed by atoms with Crippen molar-refractivity contribution in [3.8, 4) is 5.69 Å². The Morgan fingerprint density at radius 3 is 2.41 bits per heavy atom. The van der Waals surface area contributed by atoms with Gasteiger partial charge >= 0.3 is 0 Å². The van der Waals surface area contributed by atoms with E-state index in [1.165, 1.54) is 36.7 Å². The van der Waals surface area contributed by atoms with Gasteiger partial charge in [0, 0.05) is 12.2 Å². The zero-order valence-corrected chi connectivity index (χ0v) is 20.4. The maximum Gasteiger partial charge on any atom is 0.238 e. The van der Waals surface area contributed by atoms with Crippen molar-refractivity contribution in [3.05, 3.63) is 66.0 Å². The first kappa shape index (κ1) is 24.4. The minimum absolute atomic E-state index is 0.0725. The molecule has 34 heavy (non-hydrogen) atoms. The maximum absolute atomic E-state index is 12.4. The second kappa shape index (κ2) is 11.1. The summed E-state index contributed by atoms with van der Waals surface area (Å²) in [5.74, 6) is 0.993. The van der Waals surface area contributed by atoms with Gasteiger partial charge in [-0.3, -0.25) is 14.3 Å². The van der Waals surface area contributed by atoms with Crippen LogP contribution >= 0.6 is 11.8 Å². The summed E-state index contributed by atoms with van der Waals surface area (Å²) >= 11 is 1.36.